The van der Waals surface area contributed by atoms with E-state index < -0.39 is 42.2 Å². The van der Waals surface area contributed by atoms with Gasteiger partial charge in [-0.3, -0.25) is 9.13 Å². The molecular weight excluding hydrogens is 547 g/mol. The summed E-state index contributed by atoms with van der Waals surface area (Å²) < 4.78 is 48.1. The topological polar surface area (TPSA) is 206 Å². The van der Waals surface area contributed by atoms with E-state index in [1.165, 1.54) is 63.6 Å². The number of sulfone groups is 1. The minimum absolute atomic E-state index is 0. The van der Waals surface area contributed by atoms with E-state index >= 15 is 0 Å². The molecule has 1 aromatic heterocycles. The van der Waals surface area contributed by atoms with Gasteiger partial charge < -0.3 is 31.1 Å². The van der Waals surface area contributed by atoms with E-state index in [4.69, 9.17) is 15.0 Å². The summed E-state index contributed by atoms with van der Waals surface area (Å²) in [5.74, 6) is 1.06. The van der Waals surface area contributed by atoms with Gasteiger partial charge in [0.25, 0.3) is 0 Å². The molecule has 1 saturated carbocycles. The van der Waals surface area contributed by atoms with E-state index in [2.05, 4.69) is 4.98 Å². The van der Waals surface area contributed by atoms with E-state index in [0.29, 0.717) is 6.42 Å². The zero-order valence-electron chi connectivity index (χ0n) is 23.1. The molecule has 2 atom stereocenters. The number of hydrogen-bond acceptors (Lipinski definition) is 10. The maximum absolute atomic E-state index is 12.2. The fraction of sp³-hybridized carbons (Fsp3) is 0.840. The molecule has 1 unspecified atom stereocenters. The number of rotatable bonds is 22. The summed E-state index contributed by atoms with van der Waals surface area (Å²) >= 11 is 0. The first-order valence-corrected chi connectivity index (χ1v) is 17.4. The van der Waals surface area contributed by atoms with Gasteiger partial charge in [-0.2, -0.15) is 4.98 Å². The molecule has 2 rings (SSSR count). The molecule has 14 heteroatoms. The van der Waals surface area contributed by atoms with Crippen LogP contribution in [0.2, 0.25) is 0 Å². The molecule has 1 fully saturated rings. The summed E-state index contributed by atoms with van der Waals surface area (Å²) in [6.45, 7) is -0.807. The lowest BCUT2D eigenvalue weighted by atomic mass is 9.81. The highest BCUT2D eigenvalue weighted by molar-refractivity contribution is 7.91. The van der Waals surface area contributed by atoms with Gasteiger partial charge in [0.05, 0.1) is 37.4 Å². The second kappa shape index (κ2) is 18.9. The number of aromatic nitrogens is 2. The molecule has 0 aromatic carbocycles. The van der Waals surface area contributed by atoms with Crippen LogP contribution >= 0.6 is 7.60 Å². The van der Waals surface area contributed by atoms with Gasteiger partial charge in [0.1, 0.15) is 22.0 Å². The standard InChI is InChI=1S/C25H46N3O8PS.H3N/c26-24-14-15-28(25(30)27-24)19-23(20-29)35-21-37(31,32)36-16-10-18-38(33,34)17-8-6-4-2-1-3-5-7-11-22-12-9-13-22;/h14-15,22-23,29H,1-13,16-21H2,(H,31,32)(H2,26,27,30);1H3/t23-;/m0./s1. The number of nitrogens with zero attached hydrogens (tertiary/aromatic N) is 2. The first kappa shape index (κ1) is 35.7. The quantitative estimate of drug-likeness (QED) is 0.112. The molecule has 12 nitrogen and oxygen atoms in total. The minimum Gasteiger partial charge on any atom is -0.394 e. The molecule has 7 N–H and O–H groups in total. The second-order valence-corrected chi connectivity index (χ2v) is 14.4. The molecule has 0 amide bonds. The highest BCUT2D eigenvalue weighted by atomic mass is 32.2. The summed E-state index contributed by atoms with van der Waals surface area (Å²) in [5, 5.41) is 9.46. The third-order valence-electron chi connectivity index (χ3n) is 6.91. The molecule has 1 heterocycles. The van der Waals surface area contributed by atoms with Crippen LogP contribution in [0.15, 0.2) is 17.1 Å². The zero-order chi connectivity index (χ0) is 27.9. The molecule has 0 bridgehead atoms. The molecule has 0 saturated heterocycles. The molecule has 1 aliphatic carbocycles. The monoisotopic (exact) mass is 596 g/mol. The third-order valence-corrected chi connectivity index (χ3v) is 9.79. The Hall–Kier alpha value is -1.34. The van der Waals surface area contributed by atoms with Crippen LogP contribution in [0, 0.1) is 5.92 Å². The maximum Gasteiger partial charge on any atom is 0.353 e. The Bertz CT molecular complexity index is 1020. The third kappa shape index (κ3) is 15.9. The van der Waals surface area contributed by atoms with E-state index in [0.717, 1.165) is 29.7 Å². The van der Waals surface area contributed by atoms with Crippen molar-refractivity contribution in [3.05, 3.63) is 22.7 Å². The van der Waals surface area contributed by atoms with Crippen molar-refractivity contribution in [3.8, 4) is 0 Å². The lowest BCUT2D eigenvalue weighted by molar-refractivity contribution is 0.0168. The largest absolute Gasteiger partial charge is 0.394 e. The van der Waals surface area contributed by atoms with Crippen molar-refractivity contribution in [2.24, 2.45) is 5.92 Å². The fourth-order valence-corrected chi connectivity index (χ4v) is 6.68. The Morgan fingerprint density at radius 1 is 1.08 bits per heavy atom. The lowest BCUT2D eigenvalue weighted by Crippen LogP contribution is -2.32. The zero-order valence-corrected chi connectivity index (χ0v) is 24.8. The number of hydrogen-bond donors (Lipinski definition) is 4. The van der Waals surface area contributed by atoms with Crippen molar-refractivity contribution in [3.63, 3.8) is 0 Å². The van der Waals surface area contributed by atoms with Crippen LogP contribution in [0.5, 0.6) is 0 Å². The van der Waals surface area contributed by atoms with Crippen LogP contribution in [0.4, 0.5) is 5.82 Å². The first-order valence-electron chi connectivity index (χ1n) is 13.8. The fourth-order valence-electron chi connectivity index (χ4n) is 4.39. The van der Waals surface area contributed by atoms with Gasteiger partial charge in [0.15, 0.2) is 0 Å². The average molecular weight is 597 g/mol. The van der Waals surface area contributed by atoms with Gasteiger partial charge in [-0.1, -0.05) is 70.6 Å². The molecule has 0 radical (unpaired) electrons. The van der Waals surface area contributed by atoms with E-state index in [9.17, 15) is 27.8 Å². The summed E-state index contributed by atoms with van der Waals surface area (Å²) in [6, 6.07) is 1.41. The Morgan fingerprint density at radius 3 is 2.28 bits per heavy atom. The number of aliphatic hydroxyl groups is 1. The SMILES string of the molecule is N.Nc1ccn(C[C@@H](CO)OCP(=O)(O)OCCCS(=O)(=O)CCCCCCCCCCC2CCC2)c(=O)n1. The minimum atomic E-state index is -4.17. The highest BCUT2D eigenvalue weighted by Gasteiger charge is 2.23. The molecular formula is C25H49N4O8PS. The molecule has 1 aliphatic rings. The van der Waals surface area contributed by atoms with Gasteiger partial charge in [0, 0.05) is 6.20 Å². The van der Waals surface area contributed by atoms with Gasteiger partial charge in [-0.15, -0.1) is 0 Å². The van der Waals surface area contributed by atoms with Gasteiger partial charge in [-0.05, 0) is 24.8 Å². The van der Waals surface area contributed by atoms with Crippen molar-refractivity contribution in [2.75, 3.05) is 36.8 Å². The van der Waals surface area contributed by atoms with Crippen LogP contribution in [0.3, 0.4) is 0 Å². The number of ether oxygens (including phenoxy) is 1. The van der Waals surface area contributed by atoms with Crippen LogP contribution in [-0.4, -0.2) is 65.1 Å². The number of nitrogen functional groups attached to an aromatic ring is 1. The van der Waals surface area contributed by atoms with Crippen molar-refractivity contribution in [2.45, 2.75) is 96.1 Å². The van der Waals surface area contributed by atoms with E-state index in [1.54, 1.807) is 0 Å². The number of anilines is 1. The summed E-state index contributed by atoms with van der Waals surface area (Å²) in [6.07, 6.45) is 14.4. The Balaban J connectivity index is 0.00000760. The van der Waals surface area contributed by atoms with Crippen molar-refractivity contribution < 1.29 is 32.2 Å². The van der Waals surface area contributed by atoms with Gasteiger partial charge in [-0.25, -0.2) is 13.2 Å². The van der Waals surface area contributed by atoms with Crippen LogP contribution in [-0.2, 0) is 30.2 Å². The molecule has 228 valence electrons. The Kier molecular flexibility index (Phi) is 17.3. The van der Waals surface area contributed by atoms with Crippen molar-refractivity contribution in [1.29, 1.82) is 0 Å². The maximum atomic E-state index is 12.2. The average Bonchev–Trinajstić information content (AvgIpc) is 2.83. The van der Waals surface area contributed by atoms with Crippen molar-refractivity contribution >= 4 is 23.3 Å². The van der Waals surface area contributed by atoms with Crippen molar-refractivity contribution in [1.82, 2.24) is 15.7 Å². The number of nitrogens with two attached hydrogens (primary N) is 1. The van der Waals surface area contributed by atoms with Gasteiger partial charge in [0.2, 0.25) is 0 Å². The van der Waals surface area contributed by atoms with Crippen LogP contribution < -0.4 is 17.6 Å². The predicted molar refractivity (Wildman–Crippen MR) is 153 cm³/mol. The Morgan fingerprint density at radius 2 is 1.69 bits per heavy atom. The number of unbranched alkanes of at least 4 members (excludes halogenated alkanes) is 7. The lowest BCUT2D eigenvalue weighted by Gasteiger charge is -2.24. The highest BCUT2D eigenvalue weighted by Crippen LogP contribution is 2.42. The van der Waals surface area contributed by atoms with E-state index in [-0.39, 0.29) is 43.0 Å². The predicted octanol–water partition coefficient (Wildman–Crippen LogP) is 3.64. The Labute approximate surface area is 232 Å². The normalized spacial score (nSPS) is 16.3. The molecule has 0 aliphatic heterocycles. The molecule has 39 heavy (non-hydrogen) atoms. The number of aliphatic hydroxyl groups excluding tert-OH is 1. The summed E-state index contributed by atoms with van der Waals surface area (Å²) in [7, 11) is -7.41. The summed E-state index contributed by atoms with van der Waals surface area (Å²) in [4.78, 5) is 25.3. The summed E-state index contributed by atoms with van der Waals surface area (Å²) in [5.41, 5.74) is 4.79. The van der Waals surface area contributed by atoms with Crippen LogP contribution in [0.25, 0.3) is 0 Å². The second-order valence-electron chi connectivity index (χ2n) is 10.3. The molecule has 0 spiro atoms. The smallest absolute Gasteiger partial charge is 0.353 e. The first-order chi connectivity index (χ1) is 18.1. The molecule has 1 aromatic rings. The van der Waals surface area contributed by atoms with Crippen LogP contribution in [0.1, 0.15) is 83.5 Å². The van der Waals surface area contributed by atoms with Gasteiger partial charge >= 0.3 is 13.3 Å². The van der Waals surface area contributed by atoms with E-state index in [1.807, 2.05) is 0 Å².